The van der Waals surface area contributed by atoms with E-state index in [-0.39, 0.29) is 55.5 Å². The quantitative estimate of drug-likeness (QED) is 0.267. The zero-order chi connectivity index (χ0) is 34.6. The standard InChI is InChI=1S/C24H34N2OS.C14H21N.Ir/c1-14-8-9-17-16-6-5-7-18(22(16)27-23(17)26-14)21-20-15(12-24(2,3)4)13-28-19(20)10-11-25-21;1-10-4-6-13(7-5-10)14-8-11(2)12(3)9-15-14;/h7,10,15-17,20-21,23H,5-6,8-9,11-13H2,1-4H3;8,10-12H,4-6,9H2,1-3H3;/q2*-2;/t15?,16?,17?,20?,21-,23?;10-,11+,12-;/m01./s1/i1D3,12D2;;. The summed E-state index contributed by atoms with van der Waals surface area (Å²) in [5.41, 5.74) is 3.55. The average Bonchev–Trinajstić information content (AvgIpc) is 3.64. The molecule has 6 heteroatoms. The van der Waals surface area contributed by atoms with Crippen LogP contribution in [0.25, 0.3) is 10.6 Å². The molecule has 0 saturated carbocycles. The fraction of sp³-hybridized carbons (Fsp3) is 0.737. The number of hydrogen-bond acceptors (Lipinski definition) is 3. The molecular formula is C38H55IrN3OS-4. The maximum Gasteiger partial charge on any atom is 0.171 e. The fourth-order valence-corrected chi connectivity index (χ4v) is 9.11. The Morgan fingerprint density at radius 3 is 2.77 bits per heavy atom. The zero-order valence-corrected chi connectivity index (χ0v) is 30.7. The van der Waals surface area contributed by atoms with Gasteiger partial charge in [0.05, 0.1) is 0 Å². The summed E-state index contributed by atoms with van der Waals surface area (Å²) in [6.45, 7) is 12.3. The third kappa shape index (κ3) is 7.61. The summed E-state index contributed by atoms with van der Waals surface area (Å²) >= 11 is 1.79. The SMILES string of the molecule is C[C@H]1C[C-]=C(C2=C[C@H](C)[C@H](C)C[N-]2)CC1.[2H]C([2H])([2H])C1=NC2OC3=C([C@@H]4[N-]CC=C5SCC(C([2H])([2H])C(C)(C)C)C54)[CH-]CCC3C2CC1.[Ir]. The molecule has 7 aliphatic rings. The van der Waals surface area contributed by atoms with Crippen LogP contribution in [0.1, 0.15) is 107 Å². The van der Waals surface area contributed by atoms with Crippen molar-refractivity contribution < 1.29 is 31.7 Å². The number of allylic oxidation sites excluding steroid dienone is 4. The largest absolute Gasteiger partial charge is 0.769 e. The van der Waals surface area contributed by atoms with E-state index in [1.54, 1.807) is 11.8 Å². The van der Waals surface area contributed by atoms with E-state index in [0.717, 1.165) is 55.2 Å². The van der Waals surface area contributed by atoms with Crippen LogP contribution in [0.3, 0.4) is 0 Å². The van der Waals surface area contributed by atoms with Gasteiger partial charge in [-0.2, -0.15) is 11.6 Å². The Bertz CT molecular complexity index is 1380. The van der Waals surface area contributed by atoms with Crippen LogP contribution in [0.4, 0.5) is 0 Å². The number of hydrogen-bond donors (Lipinski definition) is 0. The minimum atomic E-state index is -2.16. The molecule has 7 rings (SSSR count). The molecule has 0 amide bonds. The monoisotopic (exact) mass is 799 g/mol. The molecule has 0 spiro atoms. The molecule has 5 aliphatic heterocycles. The second-order valence-electron chi connectivity index (χ2n) is 15.0. The fourth-order valence-electron chi connectivity index (χ4n) is 7.77. The molecule has 0 aromatic rings. The molecule has 5 heterocycles. The summed E-state index contributed by atoms with van der Waals surface area (Å²) < 4.78 is 47.7. The van der Waals surface area contributed by atoms with Gasteiger partial charge in [0.1, 0.15) is 0 Å². The van der Waals surface area contributed by atoms with Gasteiger partial charge in [0.25, 0.3) is 0 Å². The molecule has 0 bridgehead atoms. The van der Waals surface area contributed by atoms with Gasteiger partial charge >= 0.3 is 0 Å². The third-order valence-corrected chi connectivity index (χ3v) is 11.7. The molecule has 44 heavy (non-hydrogen) atoms. The van der Waals surface area contributed by atoms with Crippen LogP contribution >= 0.6 is 11.8 Å². The van der Waals surface area contributed by atoms with E-state index in [1.165, 1.54) is 29.0 Å². The Kier molecular flexibility index (Phi) is 9.23. The van der Waals surface area contributed by atoms with Crippen molar-refractivity contribution in [1.82, 2.24) is 0 Å². The van der Waals surface area contributed by atoms with Crippen molar-refractivity contribution in [3.05, 3.63) is 62.8 Å². The van der Waals surface area contributed by atoms with Crippen LogP contribution in [0.15, 0.2) is 44.7 Å². The minimum Gasteiger partial charge on any atom is -0.769 e. The molecule has 2 saturated heterocycles. The molecule has 2 fully saturated rings. The Balaban J connectivity index is 0.000000246. The van der Waals surface area contributed by atoms with Crippen LogP contribution in [-0.2, 0) is 24.8 Å². The molecular weight excluding hydrogens is 739 g/mol. The van der Waals surface area contributed by atoms with Gasteiger partial charge < -0.3 is 21.1 Å². The van der Waals surface area contributed by atoms with Crippen LogP contribution in [0, 0.1) is 59.3 Å². The normalized spacial score (nSPS) is 40.2. The Labute approximate surface area is 293 Å². The van der Waals surface area contributed by atoms with Crippen molar-refractivity contribution >= 4 is 17.5 Å². The molecule has 0 N–H and O–H groups in total. The molecule has 247 valence electrons. The average molecular weight is 799 g/mol. The second-order valence-corrected chi connectivity index (χ2v) is 16.1. The Morgan fingerprint density at radius 2 is 2.05 bits per heavy atom. The van der Waals surface area contributed by atoms with E-state index in [0.29, 0.717) is 24.8 Å². The van der Waals surface area contributed by atoms with Gasteiger partial charge in [-0.05, 0) is 65.8 Å². The predicted octanol–water partition coefficient (Wildman–Crippen LogP) is 10.2. The predicted molar refractivity (Wildman–Crippen MR) is 183 cm³/mol. The first kappa shape index (κ1) is 28.1. The molecule has 0 aromatic heterocycles. The maximum atomic E-state index is 9.02. The first-order valence-electron chi connectivity index (χ1n) is 19.4. The van der Waals surface area contributed by atoms with Crippen molar-refractivity contribution in [2.75, 3.05) is 18.8 Å². The minimum absolute atomic E-state index is 0. The first-order valence-corrected chi connectivity index (χ1v) is 17.8. The number of ether oxygens (including phenoxy) is 1. The van der Waals surface area contributed by atoms with Gasteiger partial charge in [-0.15, -0.1) is 43.7 Å². The zero-order valence-electron chi connectivity index (χ0n) is 32.5. The number of rotatable bonds is 3. The number of nitrogens with zero attached hydrogens (tertiary/aromatic N) is 3. The summed E-state index contributed by atoms with van der Waals surface area (Å²) in [6.07, 6.45) is 15.4. The molecule has 4 nitrogen and oxygen atoms in total. The van der Waals surface area contributed by atoms with Crippen LogP contribution in [-0.4, -0.2) is 36.8 Å². The number of fused-ring (bicyclic) bond motifs is 4. The maximum absolute atomic E-state index is 9.02. The second kappa shape index (κ2) is 14.4. The molecule has 1 radical (unpaired) electrons. The van der Waals surface area contributed by atoms with E-state index >= 15 is 0 Å². The van der Waals surface area contributed by atoms with Crippen molar-refractivity contribution in [3.8, 4) is 0 Å². The van der Waals surface area contributed by atoms with Gasteiger partial charge in [0, 0.05) is 44.3 Å². The molecule has 0 aromatic carbocycles. The topological polar surface area (TPSA) is 49.8 Å². The van der Waals surface area contributed by atoms with E-state index in [2.05, 4.69) is 55.7 Å². The summed E-state index contributed by atoms with van der Waals surface area (Å²) in [4.78, 5) is 5.82. The summed E-state index contributed by atoms with van der Waals surface area (Å²) in [7, 11) is 0. The molecule has 9 atom stereocenters. The number of aliphatic imine (C=N–C) groups is 1. The van der Waals surface area contributed by atoms with Crippen molar-refractivity contribution in [2.45, 2.75) is 112 Å². The van der Waals surface area contributed by atoms with Crippen LogP contribution < -0.4 is 0 Å². The first-order chi connectivity index (χ1) is 22.6. The summed E-state index contributed by atoms with van der Waals surface area (Å²) in [5.74, 6) is 4.32. The Morgan fingerprint density at radius 1 is 1.20 bits per heavy atom. The van der Waals surface area contributed by atoms with Crippen molar-refractivity contribution in [2.24, 2.45) is 51.8 Å². The van der Waals surface area contributed by atoms with Crippen LogP contribution in [0.2, 0.25) is 0 Å². The third-order valence-electron chi connectivity index (χ3n) is 10.4. The van der Waals surface area contributed by atoms with E-state index in [9.17, 15) is 0 Å². The van der Waals surface area contributed by atoms with Crippen molar-refractivity contribution in [1.29, 1.82) is 0 Å². The van der Waals surface area contributed by atoms with E-state index in [4.69, 9.17) is 16.9 Å². The molecule has 2 aliphatic carbocycles. The van der Waals surface area contributed by atoms with E-state index < -0.39 is 24.9 Å². The molecule has 5 unspecified atom stereocenters. The van der Waals surface area contributed by atoms with Gasteiger partial charge in [0.2, 0.25) is 0 Å². The smallest absolute Gasteiger partial charge is 0.171 e. The van der Waals surface area contributed by atoms with Crippen molar-refractivity contribution in [3.63, 3.8) is 0 Å². The van der Waals surface area contributed by atoms with Gasteiger partial charge in [0.15, 0.2) is 6.23 Å². The summed E-state index contributed by atoms with van der Waals surface area (Å²) in [6, 6.07) is -0.105. The van der Waals surface area contributed by atoms with Gasteiger partial charge in [-0.1, -0.05) is 78.7 Å². The van der Waals surface area contributed by atoms with Gasteiger partial charge in [-0.25, -0.2) is 12.0 Å². The number of thioether (sulfide) groups is 1. The van der Waals surface area contributed by atoms with Crippen LogP contribution in [0.5, 0.6) is 0 Å². The summed E-state index contributed by atoms with van der Waals surface area (Å²) in [5, 5.41) is 9.69. The van der Waals surface area contributed by atoms with E-state index in [1.807, 2.05) is 20.8 Å². The van der Waals surface area contributed by atoms with Gasteiger partial charge in [-0.3, -0.25) is 11.1 Å². The Hall–Kier alpha value is -0.941.